The summed E-state index contributed by atoms with van der Waals surface area (Å²) in [5.74, 6) is 0.0910. The van der Waals surface area contributed by atoms with E-state index < -0.39 is 11.6 Å². The van der Waals surface area contributed by atoms with Crippen molar-refractivity contribution in [3.05, 3.63) is 101 Å². The maximum Gasteiger partial charge on any atom is 0.137 e. The van der Waals surface area contributed by atoms with Crippen molar-refractivity contribution < 1.29 is 10.2 Å². The van der Waals surface area contributed by atoms with Crippen LogP contribution in [0, 0.1) is 0 Å². The maximum atomic E-state index is 11.6. The Morgan fingerprint density at radius 2 is 1.46 bits per heavy atom. The zero-order valence-corrected chi connectivity index (χ0v) is 15.1. The number of nitrogens with zero attached hydrogens (tertiary/aromatic N) is 1. The van der Waals surface area contributed by atoms with E-state index in [4.69, 9.17) is 11.6 Å². The van der Waals surface area contributed by atoms with E-state index in [0.717, 1.165) is 11.1 Å². The quantitative estimate of drug-likeness (QED) is 0.639. The van der Waals surface area contributed by atoms with Gasteiger partial charge in [-0.2, -0.15) is 0 Å². The van der Waals surface area contributed by atoms with Crippen LogP contribution in [0.15, 0.2) is 83.9 Å². The second-order valence-corrected chi connectivity index (χ2v) is 6.59. The molecule has 0 aliphatic carbocycles. The highest BCUT2D eigenvalue weighted by Crippen LogP contribution is 2.34. The Morgan fingerprint density at radius 3 is 2.00 bits per heavy atom. The van der Waals surface area contributed by atoms with Gasteiger partial charge in [-0.05, 0) is 36.2 Å². The fourth-order valence-electron chi connectivity index (χ4n) is 2.96. The van der Waals surface area contributed by atoms with E-state index in [2.05, 4.69) is 4.99 Å². The van der Waals surface area contributed by atoms with Crippen LogP contribution in [0.25, 0.3) is 0 Å². The van der Waals surface area contributed by atoms with Gasteiger partial charge in [0.15, 0.2) is 0 Å². The third-order valence-electron chi connectivity index (χ3n) is 4.46. The number of rotatable bonds is 5. The average Bonchev–Trinajstić information content (AvgIpc) is 2.69. The predicted octanol–water partition coefficient (Wildman–Crippen LogP) is 4.79. The Bertz CT molecular complexity index is 855. The zero-order chi connectivity index (χ0) is 18.6. The van der Waals surface area contributed by atoms with Crippen molar-refractivity contribution in [2.45, 2.75) is 18.6 Å². The van der Waals surface area contributed by atoms with E-state index in [-0.39, 0.29) is 5.75 Å². The minimum atomic E-state index is -1.30. The van der Waals surface area contributed by atoms with Crippen LogP contribution in [0.3, 0.4) is 0 Å². The van der Waals surface area contributed by atoms with Gasteiger partial charge in [0.2, 0.25) is 0 Å². The largest absolute Gasteiger partial charge is 0.507 e. The summed E-state index contributed by atoms with van der Waals surface area (Å²) < 4.78 is 0. The van der Waals surface area contributed by atoms with E-state index >= 15 is 0 Å². The molecule has 0 amide bonds. The summed E-state index contributed by atoms with van der Waals surface area (Å²) >= 11 is 5.99. The molecule has 0 saturated carbocycles. The van der Waals surface area contributed by atoms with Crippen molar-refractivity contribution >= 4 is 17.8 Å². The highest BCUT2D eigenvalue weighted by molar-refractivity contribution is 6.30. The number of aromatic hydroxyl groups is 1. The van der Waals surface area contributed by atoms with Crippen molar-refractivity contribution in [2.24, 2.45) is 4.99 Å². The Morgan fingerprint density at radius 1 is 0.923 bits per heavy atom. The van der Waals surface area contributed by atoms with Crippen molar-refractivity contribution in [2.75, 3.05) is 0 Å². The topological polar surface area (TPSA) is 52.8 Å². The minimum Gasteiger partial charge on any atom is -0.507 e. The van der Waals surface area contributed by atoms with Gasteiger partial charge in [-0.1, -0.05) is 72.3 Å². The SMILES string of the molecule is C[C@@H](N=Cc1cc(Cl)ccc1O)C(O)(c1ccccc1)c1ccccc1. The summed E-state index contributed by atoms with van der Waals surface area (Å²) in [6, 6.07) is 23.2. The Kier molecular flexibility index (Phi) is 5.40. The molecule has 0 spiro atoms. The third kappa shape index (κ3) is 3.64. The Balaban J connectivity index is 2.02. The highest BCUT2D eigenvalue weighted by atomic mass is 35.5. The molecule has 0 aliphatic rings. The van der Waals surface area contributed by atoms with E-state index in [0.29, 0.717) is 10.6 Å². The molecule has 0 bridgehead atoms. The lowest BCUT2D eigenvalue weighted by molar-refractivity contribution is 0.0589. The van der Waals surface area contributed by atoms with Gasteiger partial charge in [0.05, 0.1) is 6.04 Å². The molecule has 3 aromatic rings. The van der Waals surface area contributed by atoms with Gasteiger partial charge in [0, 0.05) is 16.8 Å². The van der Waals surface area contributed by atoms with Crippen LogP contribution in [0.4, 0.5) is 0 Å². The fourth-order valence-corrected chi connectivity index (χ4v) is 3.14. The molecule has 3 rings (SSSR count). The molecule has 3 nitrogen and oxygen atoms in total. The summed E-state index contributed by atoms with van der Waals surface area (Å²) in [7, 11) is 0. The number of aliphatic hydroxyl groups is 1. The molecule has 0 radical (unpaired) electrons. The van der Waals surface area contributed by atoms with Gasteiger partial charge in [0.25, 0.3) is 0 Å². The summed E-state index contributed by atoms with van der Waals surface area (Å²) in [5.41, 5.74) is 0.720. The first-order valence-corrected chi connectivity index (χ1v) is 8.74. The molecule has 0 unspecified atom stereocenters. The van der Waals surface area contributed by atoms with Crippen molar-refractivity contribution in [3.8, 4) is 5.75 Å². The number of aliphatic imine (C=N–C) groups is 1. The molecule has 4 heteroatoms. The van der Waals surface area contributed by atoms with Gasteiger partial charge in [0.1, 0.15) is 11.4 Å². The lowest BCUT2D eigenvalue weighted by atomic mass is 9.81. The lowest BCUT2D eigenvalue weighted by Gasteiger charge is -2.33. The van der Waals surface area contributed by atoms with E-state index in [1.165, 1.54) is 6.07 Å². The minimum absolute atomic E-state index is 0.0910. The molecule has 0 aromatic heterocycles. The zero-order valence-electron chi connectivity index (χ0n) is 14.4. The highest BCUT2D eigenvalue weighted by Gasteiger charge is 2.37. The van der Waals surface area contributed by atoms with Crippen LogP contribution in [-0.2, 0) is 5.60 Å². The number of benzene rings is 3. The van der Waals surface area contributed by atoms with Crippen molar-refractivity contribution in [1.29, 1.82) is 0 Å². The predicted molar refractivity (Wildman–Crippen MR) is 106 cm³/mol. The van der Waals surface area contributed by atoms with Crippen LogP contribution in [0.2, 0.25) is 5.02 Å². The molecule has 3 aromatic carbocycles. The molecule has 0 saturated heterocycles. The van der Waals surface area contributed by atoms with Gasteiger partial charge < -0.3 is 10.2 Å². The van der Waals surface area contributed by atoms with Crippen LogP contribution < -0.4 is 0 Å². The van der Waals surface area contributed by atoms with E-state index in [9.17, 15) is 10.2 Å². The van der Waals surface area contributed by atoms with Gasteiger partial charge in [-0.3, -0.25) is 4.99 Å². The van der Waals surface area contributed by atoms with Crippen LogP contribution >= 0.6 is 11.6 Å². The summed E-state index contributed by atoms with van der Waals surface area (Å²) in [5, 5.41) is 22.1. The average molecular weight is 366 g/mol. The summed E-state index contributed by atoms with van der Waals surface area (Å²) in [4.78, 5) is 4.53. The Labute approximate surface area is 158 Å². The molecule has 0 fully saturated rings. The number of halogens is 1. The van der Waals surface area contributed by atoms with Crippen molar-refractivity contribution in [1.82, 2.24) is 0 Å². The maximum absolute atomic E-state index is 11.6. The van der Waals surface area contributed by atoms with Crippen LogP contribution in [0.1, 0.15) is 23.6 Å². The monoisotopic (exact) mass is 365 g/mol. The summed E-state index contributed by atoms with van der Waals surface area (Å²) in [6.07, 6.45) is 1.54. The molecular formula is C22H20ClNO2. The molecular weight excluding hydrogens is 346 g/mol. The number of hydrogen-bond donors (Lipinski definition) is 2. The van der Waals surface area contributed by atoms with Gasteiger partial charge >= 0.3 is 0 Å². The molecule has 1 atom stereocenters. The number of phenols is 1. The standard InChI is InChI=1S/C22H20ClNO2/c1-16(24-15-17-14-20(23)12-13-21(17)25)22(26,18-8-4-2-5-9-18)19-10-6-3-7-11-19/h2-16,25-26H,1H3/t16-/m1/s1. The second-order valence-electron chi connectivity index (χ2n) is 6.16. The molecule has 0 heterocycles. The Hall–Kier alpha value is -2.62. The van der Waals surface area contributed by atoms with Crippen LogP contribution in [0.5, 0.6) is 5.75 Å². The first-order valence-electron chi connectivity index (χ1n) is 8.37. The number of hydrogen-bond acceptors (Lipinski definition) is 3. The first kappa shape index (κ1) is 18.2. The second kappa shape index (κ2) is 7.73. The molecule has 26 heavy (non-hydrogen) atoms. The van der Waals surface area contributed by atoms with Gasteiger partial charge in [-0.25, -0.2) is 0 Å². The van der Waals surface area contributed by atoms with E-state index in [1.807, 2.05) is 67.6 Å². The van der Waals surface area contributed by atoms with Gasteiger partial charge in [-0.15, -0.1) is 0 Å². The first-order chi connectivity index (χ1) is 12.5. The molecule has 132 valence electrons. The van der Waals surface area contributed by atoms with Crippen molar-refractivity contribution in [3.63, 3.8) is 0 Å². The normalized spacial score (nSPS) is 13.0. The lowest BCUT2D eigenvalue weighted by Crippen LogP contribution is -2.38. The fraction of sp³-hybridized carbons (Fsp3) is 0.136. The summed E-state index contributed by atoms with van der Waals surface area (Å²) in [6.45, 7) is 1.85. The third-order valence-corrected chi connectivity index (χ3v) is 4.69. The molecule has 0 aliphatic heterocycles. The smallest absolute Gasteiger partial charge is 0.137 e. The van der Waals surface area contributed by atoms with Crippen LogP contribution in [-0.4, -0.2) is 22.5 Å². The number of phenolic OH excluding ortho intramolecular Hbond substituents is 1. The van der Waals surface area contributed by atoms with E-state index in [1.54, 1.807) is 18.3 Å². The molecule has 2 N–H and O–H groups in total.